The molecule has 0 spiro atoms. The maximum absolute atomic E-state index is 11.3. The number of rotatable bonds is 6. The topological polar surface area (TPSA) is 64.9 Å². The van der Waals surface area contributed by atoms with E-state index < -0.39 is 0 Å². The van der Waals surface area contributed by atoms with E-state index in [-0.39, 0.29) is 5.91 Å². The predicted octanol–water partition coefficient (Wildman–Crippen LogP) is 1.66. The van der Waals surface area contributed by atoms with Gasteiger partial charge in [0, 0.05) is 19.5 Å². The molecule has 0 bridgehead atoms. The molecule has 0 radical (unpaired) electrons. The number of carbonyl (C=O) groups excluding carboxylic acids is 1. The maximum atomic E-state index is 11.3. The second-order valence-corrected chi connectivity index (χ2v) is 3.43. The van der Waals surface area contributed by atoms with Crippen LogP contribution in [0.4, 0.5) is 5.69 Å². The van der Waals surface area contributed by atoms with Gasteiger partial charge in [0.15, 0.2) is 0 Å². The molecule has 4 heteroatoms. The first-order valence-electron chi connectivity index (χ1n) is 5.38. The molecule has 0 aliphatic carbocycles. The van der Waals surface area contributed by atoms with Crippen LogP contribution in [0.15, 0.2) is 36.9 Å². The molecule has 0 aliphatic heterocycles. The molecule has 0 atom stereocenters. The molecule has 17 heavy (non-hydrogen) atoms. The minimum atomic E-state index is -0.0353. The fourth-order valence-electron chi connectivity index (χ4n) is 1.32. The molecule has 0 heterocycles. The standard InChI is InChI=1S/C13H15N3O/c1-2-8-16-13(17)7-9-15-12-6-4-3-5-11(12)10-14/h2-6,15H,1,7-9H2,(H,16,17). The van der Waals surface area contributed by atoms with Crippen LogP contribution in [0.25, 0.3) is 0 Å². The van der Waals surface area contributed by atoms with Gasteiger partial charge >= 0.3 is 0 Å². The van der Waals surface area contributed by atoms with Crippen molar-refractivity contribution in [3.05, 3.63) is 42.5 Å². The van der Waals surface area contributed by atoms with Crippen molar-refractivity contribution < 1.29 is 4.79 Å². The summed E-state index contributed by atoms with van der Waals surface area (Å²) >= 11 is 0. The summed E-state index contributed by atoms with van der Waals surface area (Å²) in [6.07, 6.45) is 2.00. The molecular weight excluding hydrogens is 214 g/mol. The highest BCUT2D eigenvalue weighted by atomic mass is 16.1. The molecular formula is C13H15N3O. The number of hydrogen-bond acceptors (Lipinski definition) is 3. The zero-order chi connectivity index (χ0) is 12.5. The summed E-state index contributed by atoms with van der Waals surface area (Å²) in [5.41, 5.74) is 1.34. The van der Waals surface area contributed by atoms with E-state index in [2.05, 4.69) is 23.3 Å². The van der Waals surface area contributed by atoms with Gasteiger partial charge in [-0.25, -0.2) is 0 Å². The van der Waals surface area contributed by atoms with Crippen LogP contribution in [0.1, 0.15) is 12.0 Å². The molecule has 1 aromatic rings. The first kappa shape index (κ1) is 12.8. The Balaban J connectivity index is 2.38. The van der Waals surface area contributed by atoms with Gasteiger partial charge in [-0.2, -0.15) is 5.26 Å². The largest absolute Gasteiger partial charge is 0.383 e. The lowest BCUT2D eigenvalue weighted by molar-refractivity contribution is -0.120. The Hall–Kier alpha value is -2.28. The molecule has 1 aromatic carbocycles. The van der Waals surface area contributed by atoms with Crippen molar-refractivity contribution in [1.82, 2.24) is 5.32 Å². The van der Waals surface area contributed by atoms with E-state index in [1.54, 1.807) is 18.2 Å². The van der Waals surface area contributed by atoms with E-state index in [9.17, 15) is 4.79 Å². The Bertz CT molecular complexity index is 435. The predicted molar refractivity (Wildman–Crippen MR) is 67.5 cm³/mol. The smallest absolute Gasteiger partial charge is 0.222 e. The molecule has 0 fully saturated rings. The minimum Gasteiger partial charge on any atom is -0.383 e. The highest BCUT2D eigenvalue weighted by molar-refractivity contribution is 5.76. The summed E-state index contributed by atoms with van der Waals surface area (Å²) < 4.78 is 0. The van der Waals surface area contributed by atoms with Crippen molar-refractivity contribution in [1.29, 1.82) is 5.26 Å². The van der Waals surface area contributed by atoms with Gasteiger partial charge in [-0.1, -0.05) is 18.2 Å². The van der Waals surface area contributed by atoms with Gasteiger partial charge in [0.2, 0.25) is 5.91 Å². The number of amides is 1. The van der Waals surface area contributed by atoms with Crippen LogP contribution >= 0.6 is 0 Å². The number of benzene rings is 1. The minimum absolute atomic E-state index is 0.0353. The maximum Gasteiger partial charge on any atom is 0.222 e. The number of nitrogens with one attached hydrogen (secondary N) is 2. The Labute approximate surface area is 101 Å². The Morgan fingerprint density at radius 2 is 2.24 bits per heavy atom. The third kappa shape index (κ3) is 4.39. The van der Waals surface area contributed by atoms with Gasteiger partial charge < -0.3 is 10.6 Å². The van der Waals surface area contributed by atoms with E-state index >= 15 is 0 Å². The molecule has 1 amide bonds. The van der Waals surface area contributed by atoms with Crippen molar-refractivity contribution in [3.8, 4) is 6.07 Å². The van der Waals surface area contributed by atoms with Crippen LogP contribution < -0.4 is 10.6 Å². The van der Waals surface area contributed by atoms with Gasteiger partial charge in [0.05, 0.1) is 11.3 Å². The fraction of sp³-hybridized carbons (Fsp3) is 0.231. The van der Waals surface area contributed by atoms with Gasteiger partial charge in [-0.05, 0) is 12.1 Å². The fourth-order valence-corrected chi connectivity index (χ4v) is 1.32. The lowest BCUT2D eigenvalue weighted by Crippen LogP contribution is -2.25. The number of nitrogens with zero attached hydrogens (tertiary/aromatic N) is 1. The number of para-hydroxylation sites is 1. The second-order valence-electron chi connectivity index (χ2n) is 3.43. The zero-order valence-electron chi connectivity index (χ0n) is 9.57. The molecule has 0 aromatic heterocycles. The van der Waals surface area contributed by atoms with Crippen LogP contribution in [0, 0.1) is 11.3 Å². The van der Waals surface area contributed by atoms with Gasteiger partial charge in [0.1, 0.15) is 6.07 Å². The monoisotopic (exact) mass is 229 g/mol. The van der Waals surface area contributed by atoms with Gasteiger partial charge in [-0.3, -0.25) is 4.79 Å². The summed E-state index contributed by atoms with van der Waals surface area (Å²) in [6, 6.07) is 9.30. The summed E-state index contributed by atoms with van der Waals surface area (Å²) in [5.74, 6) is -0.0353. The summed E-state index contributed by atoms with van der Waals surface area (Å²) in [5, 5.41) is 14.6. The van der Waals surface area contributed by atoms with Crippen molar-refractivity contribution in [2.24, 2.45) is 0 Å². The van der Waals surface area contributed by atoms with Crippen LogP contribution in [-0.2, 0) is 4.79 Å². The van der Waals surface area contributed by atoms with Crippen molar-refractivity contribution in [2.75, 3.05) is 18.4 Å². The van der Waals surface area contributed by atoms with Crippen LogP contribution in [0.5, 0.6) is 0 Å². The number of anilines is 1. The first-order chi connectivity index (χ1) is 8.27. The number of nitriles is 1. The highest BCUT2D eigenvalue weighted by Crippen LogP contribution is 2.12. The SMILES string of the molecule is C=CCNC(=O)CCNc1ccccc1C#N. The van der Waals surface area contributed by atoms with Crippen LogP contribution in [-0.4, -0.2) is 19.0 Å². The van der Waals surface area contributed by atoms with E-state index in [0.29, 0.717) is 25.1 Å². The second kappa shape index (κ2) is 7.07. The van der Waals surface area contributed by atoms with Gasteiger partial charge in [0.25, 0.3) is 0 Å². The lowest BCUT2D eigenvalue weighted by atomic mass is 10.2. The molecule has 88 valence electrons. The van der Waals surface area contributed by atoms with Crippen molar-refractivity contribution in [2.45, 2.75) is 6.42 Å². The van der Waals surface area contributed by atoms with E-state index in [4.69, 9.17) is 5.26 Å². The molecule has 4 nitrogen and oxygen atoms in total. The lowest BCUT2D eigenvalue weighted by Gasteiger charge is -2.07. The summed E-state index contributed by atoms with van der Waals surface area (Å²) in [7, 11) is 0. The summed E-state index contributed by atoms with van der Waals surface area (Å²) in [6.45, 7) is 4.50. The van der Waals surface area contributed by atoms with E-state index in [0.717, 1.165) is 5.69 Å². The Morgan fingerprint density at radius 3 is 2.94 bits per heavy atom. The highest BCUT2D eigenvalue weighted by Gasteiger charge is 2.02. The van der Waals surface area contributed by atoms with Crippen LogP contribution in [0.2, 0.25) is 0 Å². The first-order valence-corrected chi connectivity index (χ1v) is 5.38. The number of carbonyl (C=O) groups is 1. The molecule has 0 unspecified atom stereocenters. The normalized spacial score (nSPS) is 9.12. The molecule has 0 saturated heterocycles. The summed E-state index contributed by atoms with van der Waals surface area (Å²) in [4.78, 5) is 11.3. The van der Waals surface area contributed by atoms with E-state index in [1.165, 1.54) is 0 Å². The molecule has 2 N–H and O–H groups in total. The van der Waals surface area contributed by atoms with E-state index in [1.807, 2.05) is 12.1 Å². The third-order valence-electron chi connectivity index (χ3n) is 2.16. The quantitative estimate of drug-likeness (QED) is 0.729. The molecule has 0 aliphatic rings. The van der Waals surface area contributed by atoms with Crippen LogP contribution in [0.3, 0.4) is 0 Å². The van der Waals surface area contributed by atoms with Gasteiger partial charge in [-0.15, -0.1) is 6.58 Å². The molecule has 0 saturated carbocycles. The average molecular weight is 229 g/mol. The van der Waals surface area contributed by atoms with Crippen molar-refractivity contribution in [3.63, 3.8) is 0 Å². The molecule has 1 rings (SSSR count). The zero-order valence-corrected chi connectivity index (χ0v) is 9.57. The third-order valence-corrected chi connectivity index (χ3v) is 2.16. The Morgan fingerprint density at radius 1 is 1.47 bits per heavy atom. The number of hydrogen-bond donors (Lipinski definition) is 2. The Kier molecular flexibility index (Phi) is 5.32. The average Bonchev–Trinajstić information content (AvgIpc) is 2.37. The van der Waals surface area contributed by atoms with Crippen molar-refractivity contribution >= 4 is 11.6 Å².